The number of hydrogen-bond acceptors (Lipinski definition) is 8. The molecule has 0 fully saturated rings. The summed E-state index contributed by atoms with van der Waals surface area (Å²) in [7, 11) is 0. The molecule has 14 rings (SSSR count). The van der Waals surface area contributed by atoms with Crippen molar-refractivity contribution in [3.05, 3.63) is 396 Å². The molecule has 0 amide bonds. The molecule has 0 heterocycles. The minimum absolute atomic E-state index is 0.156. The third kappa shape index (κ3) is 21.9. The molecule has 0 saturated carbocycles. The van der Waals surface area contributed by atoms with E-state index < -0.39 is 0 Å². The molecule has 0 aliphatic carbocycles. The number of para-hydroxylation sites is 2. The van der Waals surface area contributed by atoms with Crippen LogP contribution in [0.15, 0.2) is 352 Å². The summed E-state index contributed by atoms with van der Waals surface area (Å²) in [4.78, 5) is 9.45. The number of nitrogens with zero attached hydrogens (tertiary/aromatic N) is 4. The van der Waals surface area contributed by atoms with E-state index in [4.69, 9.17) is 18.9 Å². The van der Waals surface area contributed by atoms with Gasteiger partial charge < -0.3 is 38.5 Å². The van der Waals surface area contributed by atoms with Crippen molar-refractivity contribution in [1.82, 2.24) is 0 Å². The fraction of sp³-hybridized carbons (Fsp3) is 0.214. The molecular weight excluding hydrogens is 1470 g/mol. The number of hydrogen-bond donors (Lipinski definition) is 0. The molecule has 4 unspecified atom stereocenters. The fourth-order valence-corrected chi connectivity index (χ4v) is 16.3. The first-order valence-corrected chi connectivity index (χ1v) is 42.8. The summed E-state index contributed by atoms with van der Waals surface area (Å²) in [5.74, 6) is 8.75. The van der Waals surface area contributed by atoms with Crippen LogP contribution < -0.4 is 29.1 Å². The fourth-order valence-electron chi connectivity index (χ4n) is 16.3. The summed E-state index contributed by atoms with van der Waals surface area (Å²) in [5.41, 5.74) is 27.9. The third-order valence-electron chi connectivity index (χ3n) is 22.6. The highest BCUT2D eigenvalue weighted by molar-refractivity contribution is 5.84. The Bertz CT molecular complexity index is 5680. The molecule has 602 valence electrons. The predicted octanol–water partition coefficient (Wildman–Crippen LogP) is 30.5. The zero-order valence-corrected chi connectivity index (χ0v) is 70.7. The Morgan fingerprint density at radius 3 is 0.842 bits per heavy atom. The summed E-state index contributed by atoms with van der Waals surface area (Å²) in [6, 6.07) is 129. The van der Waals surface area contributed by atoms with Crippen LogP contribution in [-0.2, 0) is 9.47 Å². The lowest BCUT2D eigenvalue weighted by Gasteiger charge is -2.31. The van der Waals surface area contributed by atoms with Crippen molar-refractivity contribution in [3.8, 4) is 57.8 Å². The van der Waals surface area contributed by atoms with Crippen LogP contribution in [0.5, 0.6) is 11.5 Å². The third-order valence-corrected chi connectivity index (χ3v) is 22.6. The Morgan fingerprint density at radius 2 is 0.533 bits per heavy atom. The second kappa shape index (κ2) is 41.6. The van der Waals surface area contributed by atoms with Crippen LogP contribution in [0.3, 0.4) is 0 Å². The van der Waals surface area contributed by atoms with Gasteiger partial charge in [-0.25, -0.2) is 0 Å². The quantitative estimate of drug-likeness (QED) is 0.0288. The topological polar surface area (TPSA) is 49.9 Å². The summed E-state index contributed by atoms with van der Waals surface area (Å²) >= 11 is 0. The second-order valence-corrected chi connectivity index (χ2v) is 31.3. The minimum Gasteiger partial charge on any atom is -0.494 e. The maximum atomic E-state index is 6.40. The largest absolute Gasteiger partial charge is 0.494 e. The van der Waals surface area contributed by atoms with Crippen molar-refractivity contribution < 1.29 is 18.9 Å². The molecule has 0 saturated heterocycles. The number of benzene rings is 14. The maximum absolute atomic E-state index is 6.40. The van der Waals surface area contributed by atoms with E-state index in [2.05, 4.69) is 437 Å². The van der Waals surface area contributed by atoms with E-state index >= 15 is 0 Å². The normalized spacial score (nSPS) is 12.0. The van der Waals surface area contributed by atoms with Crippen LogP contribution >= 0.6 is 0 Å². The Balaban J connectivity index is 0.779. The predicted molar refractivity (Wildman–Crippen MR) is 503 cm³/mol. The molecule has 14 aromatic carbocycles. The monoisotopic (exact) mass is 1570 g/mol. The molecule has 0 aliphatic rings. The van der Waals surface area contributed by atoms with Gasteiger partial charge >= 0.3 is 0 Å². The van der Waals surface area contributed by atoms with Crippen LogP contribution in [-0.4, -0.2) is 26.4 Å². The molecule has 120 heavy (non-hydrogen) atoms. The number of anilines is 12. The van der Waals surface area contributed by atoms with Gasteiger partial charge in [-0.1, -0.05) is 208 Å². The van der Waals surface area contributed by atoms with Crippen LogP contribution in [0, 0.1) is 51.7 Å². The van der Waals surface area contributed by atoms with Crippen molar-refractivity contribution in [3.63, 3.8) is 0 Å². The Labute approximate surface area is 713 Å². The summed E-state index contributed by atoms with van der Waals surface area (Å²) in [5, 5.41) is 0. The molecule has 8 heteroatoms. The van der Waals surface area contributed by atoms with Crippen molar-refractivity contribution >= 4 is 68.2 Å². The molecule has 8 nitrogen and oxygen atoms in total. The van der Waals surface area contributed by atoms with E-state index in [0.717, 1.165) is 147 Å². The molecule has 0 spiro atoms. The van der Waals surface area contributed by atoms with Gasteiger partial charge in [0.1, 0.15) is 23.7 Å². The van der Waals surface area contributed by atoms with Gasteiger partial charge in [0.15, 0.2) is 0 Å². The van der Waals surface area contributed by atoms with Gasteiger partial charge in [0.25, 0.3) is 0 Å². The molecule has 0 N–H and O–H groups in total. The van der Waals surface area contributed by atoms with E-state index in [0.29, 0.717) is 32.8 Å². The first kappa shape index (κ1) is 83.1. The highest BCUT2D eigenvalue weighted by Gasteiger charge is 2.28. The van der Waals surface area contributed by atoms with E-state index in [1.807, 2.05) is 13.8 Å². The summed E-state index contributed by atoms with van der Waals surface area (Å²) in [6.45, 7) is 19.7. The van der Waals surface area contributed by atoms with Crippen LogP contribution in [0.2, 0.25) is 0 Å². The lowest BCUT2D eigenvalue weighted by molar-refractivity contribution is 0.297. The number of rotatable bonds is 35. The molecule has 0 bridgehead atoms. The Kier molecular flexibility index (Phi) is 28.8. The van der Waals surface area contributed by atoms with E-state index in [-0.39, 0.29) is 23.7 Å². The van der Waals surface area contributed by atoms with Crippen molar-refractivity contribution in [1.29, 1.82) is 0 Å². The molecule has 4 atom stereocenters. The van der Waals surface area contributed by atoms with Crippen molar-refractivity contribution in [2.45, 2.75) is 130 Å². The van der Waals surface area contributed by atoms with E-state index in [1.54, 1.807) is 0 Å². The van der Waals surface area contributed by atoms with Gasteiger partial charge in [-0.3, -0.25) is 0 Å². The molecule has 0 aliphatic heterocycles. The molecular formula is C112H110N4O4. The molecule has 14 aromatic rings. The van der Waals surface area contributed by atoms with E-state index in [9.17, 15) is 0 Å². The molecule has 0 aromatic heterocycles. The van der Waals surface area contributed by atoms with Crippen molar-refractivity contribution in [2.75, 3.05) is 46.0 Å². The minimum atomic E-state index is 0.156. The van der Waals surface area contributed by atoms with Gasteiger partial charge in [-0.15, -0.1) is 0 Å². The van der Waals surface area contributed by atoms with Crippen molar-refractivity contribution in [2.24, 2.45) is 0 Å². The van der Waals surface area contributed by atoms with Gasteiger partial charge in [0, 0.05) is 81.1 Å². The Morgan fingerprint density at radius 1 is 0.267 bits per heavy atom. The first-order chi connectivity index (χ1) is 58.9. The van der Waals surface area contributed by atoms with Crippen LogP contribution in [0.1, 0.15) is 147 Å². The average molecular weight is 1580 g/mol. The van der Waals surface area contributed by atoms with E-state index in [1.165, 1.54) is 44.5 Å². The summed E-state index contributed by atoms with van der Waals surface area (Å²) in [6.07, 6.45) is 12.4. The lowest BCUT2D eigenvalue weighted by Crippen LogP contribution is -2.14. The highest BCUT2D eigenvalue weighted by atomic mass is 16.5. The lowest BCUT2D eigenvalue weighted by atomic mass is 9.75. The zero-order chi connectivity index (χ0) is 82.8. The first-order valence-electron chi connectivity index (χ1n) is 42.8. The van der Waals surface area contributed by atoms with Gasteiger partial charge in [-0.05, 0) is 340 Å². The van der Waals surface area contributed by atoms with Crippen LogP contribution in [0.4, 0.5) is 68.2 Å². The second-order valence-electron chi connectivity index (χ2n) is 31.3. The average Bonchev–Trinajstić information content (AvgIpc) is 0.841. The van der Waals surface area contributed by atoms with Crippen LogP contribution in [0.25, 0.3) is 22.3 Å². The maximum Gasteiger partial charge on any atom is 0.119 e. The van der Waals surface area contributed by atoms with Gasteiger partial charge in [0.2, 0.25) is 0 Å². The SMILES string of the molecule is CCOC#CCCCOc1ccc(C(CC)CC(CC(CC(C)c2ccc(N(c3ccc(-c4ccc(N(c5ccccc5)c5cccc(C)c5)cc4)cc3)c3cccc(C)c3)cc2)c2ccc(N(c3ccc(-c4ccc(N(c5ccccc5)c5cccc(C)c5)cc4)cc3)c3cccc(C)c3)cc2)c2ccc(OCCCC#COCC)cc2)cc1. The van der Waals surface area contributed by atoms with Gasteiger partial charge in [0.05, 0.1) is 26.4 Å². The highest BCUT2D eigenvalue weighted by Crippen LogP contribution is 2.47. The number of unbranched alkanes of at least 4 members (excludes halogenated alkanes) is 2. The smallest absolute Gasteiger partial charge is 0.119 e. The Hall–Kier alpha value is -13.4. The standard InChI is InChI=1S/C112H110N4O4/c1-9-88(90-52-68-111(69-53-90)119-74-22-14-20-72-117-10-2)81-98(96-54-70-112(71-55-96)120-75-23-15-21-73-118-11-3)82-97(95-50-66-106(67-51-95)116(110-39-27-31-86(7)79-110)105-64-48-94(49-65-105)92-44-60-103(61-45-92)114(100-34-18-13-19-35-100)108-37-25-29-84(5)77-108)80-87(8)89-40-56-101(57-41-89)115(109-38-26-30-85(6)78-109)104-62-46-93(47-63-104)91-42-58-102(59-43-91)113(99-32-16-12-17-33-99)107-36-24-28-83(4)76-107/h12-13,16-19,24-71,76-79,87-88,97-98H,9-11,14-15,22-23,74-75,80-82H2,1-8H3. The zero-order valence-electron chi connectivity index (χ0n) is 70.7. The summed E-state index contributed by atoms with van der Waals surface area (Å²) < 4.78 is 23.2. The van der Waals surface area contributed by atoms with Gasteiger partial charge in [-0.2, -0.15) is 0 Å². The number of aryl methyl sites for hydroxylation is 4. The molecule has 0 radical (unpaired) electrons. The number of ether oxygens (including phenoxy) is 4.